The van der Waals surface area contributed by atoms with Crippen LogP contribution in [-0.2, 0) is 20.6 Å². The fourth-order valence-electron chi connectivity index (χ4n) is 3.50. The van der Waals surface area contributed by atoms with Gasteiger partial charge in [-0.15, -0.1) is 11.8 Å². The molecule has 0 heterocycles. The van der Waals surface area contributed by atoms with Crippen molar-refractivity contribution in [2.45, 2.75) is 15.5 Å². The van der Waals surface area contributed by atoms with E-state index in [9.17, 15) is 13.2 Å². The molecule has 0 aliphatic heterocycles. The quantitative estimate of drug-likeness (QED) is 0.228. The second-order valence-corrected chi connectivity index (χ2v) is 11.4. The van der Waals surface area contributed by atoms with Gasteiger partial charge in [0.15, 0.2) is 0 Å². The van der Waals surface area contributed by atoms with Crippen LogP contribution in [0.15, 0.2) is 113 Å². The third kappa shape index (κ3) is 7.07. The molecule has 4 aromatic carbocycles. The molecule has 6 nitrogen and oxygen atoms in total. The monoisotopic (exact) mass is 552 g/mol. The molecule has 1 amide bonds. The van der Waals surface area contributed by atoms with Gasteiger partial charge in [-0.1, -0.05) is 41.9 Å². The number of nitrogens with zero attached hydrogens (tertiary/aromatic N) is 1. The summed E-state index contributed by atoms with van der Waals surface area (Å²) in [6.07, 6.45) is 0. The molecule has 9 heteroatoms. The third-order valence-electron chi connectivity index (χ3n) is 5.44. The average Bonchev–Trinajstić information content (AvgIpc) is 2.92. The highest BCUT2D eigenvalue weighted by Gasteiger charge is 2.27. The molecular formula is C28H25ClN2O4S2. The highest BCUT2D eigenvalue weighted by atomic mass is 35.5. The highest BCUT2D eigenvalue weighted by molar-refractivity contribution is 7.98. The van der Waals surface area contributed by atoms with E-state index in [-0.39, 0.29) is 4.90 Å². The number of benzene rings is 4. The number of amides is 1. The number of carbonyl (C=O) groups excluding carboxylic acids is 1. The maximum Gasteiger partial charge on any atom is 0.264 e. The second kappa shape index (κ2) is 12.2. The number of carbonyl (C=O) groups is 1. The predicted molar refractivity (Wildman–Crippen MR) is 150 cm³/mol. The van der Waals surface area contributed by atoms with Crippen molar-refractivity contribution >= 4 is 50.7 Å². The topological polar surface area (TPSA) is 75.7 Å². The molecule has 0 aliphatic carbocycles. The summed E-state index contributed by atoms with van der Waals surface area (Å²) >= 11 is 7.73. The van der Waals surface area contributed by atoms with Crippen molar-refractivity contribution in [3.63, 3.8) is 0 Å². The van der Waals surface area contributed by atoms with Gasteiger partial charge in [0.25, 0.3) is 10.0 Å². The van der Waals surface area contributed by atoms with Crippen LogP contribution in [0.1, 0.15) is 5.56 Å². The number of hydrogen-bond acceptors (Lipinski definition) is 5. The van der Waals surface area contributed by atoms with Gasteiger partial charge in [0, 0.05) is 21.4 Å². The smallest absolute Gasteiger partial charge is 0.264 e. The molecule has 0 saturated carbocycles. The summed E-state index contributed by atoms with van der Waals surface area (Å²) < 4.78 is 33.2. The molecular weight excluding hydrogens is 528 g/mol. The standard InChI is InChI=1S/C28H25ClN2O4S2/c1-35-25-15-17-27(18-16-25)37(33,34)31(24-13-9-22(29)10-14-24)19-28(32)30-23-11-7-21(8-12-23)20-36-26-5-3-2-4-6-26/h2-18H,19-20H2,1H3,(H,30,32). The lowest BCUT2D eigenvalue weighted by atomic mass is 10.2. The van der Waals surface area contributed by atoms with Crippen LogP contribution in [0.3, 0.4) is 0 Å². The first kappa shape index (κ1) is 26.6. The lowest BCUT2D eigenvalue weighted by molar-refractivity contribution is -0.114. The van der Waals surface area contributed by atoms with Gasteiger partial charge in [-0.25, -0.2) is 8.42 Å². The zero-order valence-corrected chi connectivity index (χ0v) is 22.4. The minimum Gasteiger partial charge on any atom is -0.497 e. The van der Waals surface area contributed by atoms with Gasteiger partial charge < -0.3 is 10.1 Å². The first-order valence-corrected chi connectivity index (χ1v) is 14.1. The second-order valence-electron chi connectivity index (χ2n) is 8.01. The molecule has 37 heavy (non-hydrogen) atoms. The lowest BCUT2D eigenvalue weighted by Gasteiger charge is -2.24. The van der Waals surface area contributed by atoms with E-state index in [2.05, 4.69) is 17.4 Å². The first-order chi connectivity index (χ1) is 17.8. The molecule has 4 rings (SSSR count). The summed E-state index contributed by atoms with van der Waals surface area (Å²) in [5.41, 5.74) is 2.01. The summed E-state index contributed by atoms with van der Waals surface area (Å²) in [6, 6.07) is 29.9. The molecule has 0 aliphatic rings. The summed E-state index contributed by atoms with van der Waals surface area (Å²) in [5.74, 6) is 0.849. The first-order valence-electron chi connectivity index (χ1n) is 11.3. The average molecular weight is 553 g/mol. The van der Waals surface area contributed by atoms with Crippen molar-refractivity contribution < 1.29 is 17.9 Å². The van der Waals surface area contributed by atoms with E-state index in [0.717, 1.165) is 15.6 Å². The van der Waals surface area contributed by atoms with Crippen LogP contribution in [-0.4, -0.2) is 28.0 Å². The molecule has 0 atom stereocenters. The number of halogens is 1. The maximum absolute atomic E-state index is 13.5. The van der Waals surface area contributed by atoms with E-state index in [1.165, 1.54) is 24.1 Å². The van der Waals surface area contributed by atoms with E-state index in [4.69, 9.17) is 16.3 Å². The van der Waals surface area contributed by atoms with Gasteiger partial charge in [-0.3, -0.25) is 9.10 Å². The Balaban J connectivity index is 1.48. The van der Waals surface area contributed by atoms with Crippen LogP contribution in [0, 0.1) is 0 Å². The third-order valence-corrected chi connectivity index (χ3v) is 8.56. The maximum atomic E-state index is 13.5. The molecule has 0 unspecified atom stereocenters. The number of sulfonamides is 1. The summed E-state index contributed by atoms with van der Waals surface area (Å²) in [7, 11) is -2.55. The number of anilines is 2. The lowest BCUT2D eigenvalue weighted by Crippen LogP contribution is -2.38. The number of nitrogens with one attached hydrogen (secondary N) is 1. The Morgan fingerprint density at radius 1 is 0.892 bits per heavy atom. The van der Waals surface area contributed by atoms with Gasteiger partial charge in [0.05, 0.1) is 17.7 Å². The SMILES string of the molecule is COc1ccc(S(=O)(=O)N(CC(=O)Nc2ccc(CSc3ccccc3)cc2)c2ccc(Cl)cc2)cc1. The van der Waals surface area contributed by atoms with Crippen LogP contribution < -0.4 is 14.4 Å². The van der Waals surface area contributed by atoms with Crippen molar-refractivity contribution in [2.75, 3.05) is 23.3 Å². The number of rotatable bonds is 10. The molecule has 0 fully saturated rings. The Labute approximate surface area is 226 Å². The van der Waals surface area contributed by atoms with Gasteiger partial charge in [0.2, 0.25) is 5.91 Å². The minimum absolute atomic E-state index is 0.0383. The minimum atomic E-state index is -4.05. The van der Waals surface area contributed by atoms with Gasteiger partial charge in [-0.05, 0) is 78.4 Å². The Kier molecular flexibility index (Phi) is 8.76. The van der Waals surface area contributed by atoms with Crippen LogP contribution in [0.25, 0.3) is 0 Å². The van der Waals surface area contributed by atoms with E-state index in [1.54, 1.807) is 48.2 Å². The Hall–Kier alpha value is -3.46. The fourth-order valence-corrected chi connectivity index (χ4v) is 5.92. The van der Waals surface area contributed by atoms with Crippen LogP contribution in [0.4, 0.5) is 11.4 Å². The normalized spacial score (nSPS) is 11.1. The van der Waals surface area contributed by atoms with Gasteiger partial charge >= 0.3 is 0 Å². The van der Waals surface area contributed by atoms with Crippen molar-refractivity contribution in [2.24, 2.45) is 0 Å². The van der Waals surface area contributed by atoms with Crippen molar-refractivity contribution in [3.05, 3.63) is 114 Å². The predicted octanol–water partition coefficient (Wildman–Crippen LogP) is 6.47. The molecule has 0 bridgehead atoms. The van der Waals surface area contributed by atoms with Crippen molar-refractivity contribution in [1.29, 1.82) is 0 Å². The Morgan fingerprint density at radius 2 is 1.54 bits per heavy atom. The van der Waals surface area contributed by atoms with E-state index < -0.39 is 22.5 Å². The molecule has 4 aromatic rings. The Morgan fingerprint density at radius 3 is 2.16 bits per heavy atom. The zero-order chi connectivity index (χ0) is 26.3. The van der Waals surface area contributed by atoms with Crippen LogP contribution in [0.2, 0.25) is 5.02 Å². The molecule has 0 saturated heterocycles. The fraction of sp³-hybridized carbons (Fsp3) is 0.107. The van der Waals surface area contributed by atoms with Crippen LogP contribution in [0.5, 0.6) is 5.75 Å². The number of methoxy groups -OCH3 is 1. The highest BCUT2D eigenvalue weighted by Crippen LogP contribution is 2.27. The molecule has 1 N–H and O–H groups in total. The van der Waals surface area contributed by atoms with E-state index >= 15 is 0 Å². The summed E-state index contributed by atoms with van der Waals surface area (Å²) in [4.78, 5) is 14.2. The van der Waals surface area contributed by atoms with Crippen molar-refractivity contribution in [3.8, 4) is 5.75 Å². The Bertz CT molecular complexity index is 1430. The van der Waals surface area contributed by atoms with Crippen molar-refractivity contribution in [1.82, 2.24) is 0 Å². The molecule has 190 valence electrons. The van der Waals surface area contributed by atoms with Gasteiger partial charge in [-0.2, -0.15) is 0 Å². The summed E-state index contributed by atoms with van der Waals surface area (Å²) in [5, 5.41) is 3.26. The number of ether oxygens (including phenoxy) is 1. The molecule has 0 radical (unpaired) electrons. The number of thioether (sulfide) groups is 1. The van der Waals surface area contributed by atoms with E-state index in [1.807, 2.05) is 42.5 Å². The van der Waals surface area contributed by atoms with Crippen LogP contribution >= 0.6 is 23.4 Å². The molecule has 0 spiro atoms. The number of hydrogen-bond donors (Lipinski definition) is 1. The van der Waals surface area contributed by atoms with E-state index in [0.29, 0.717) is 22.1 Å². The molecule has 0 aromatic heterocycles. The van der Waals surface area contributed by atoms with Gasteiger partial charge in [0.1, 0.15) is 12.3 Å². The zero-order valence-electron chi connectivity index (χ0n) is 20.0. The summed E-state index contributed by atoms with van der Waals surface area (Å²) in [6.45, 7) is -0.415. The largest absolute Gasteiger partial charge is 0.497 e.